The van der Waals surface area contributed by atoms with Crippen LogP contribution in [0.1, 0.15) is 84.6 Å². The highest BCUT2D eigenvalue weighted by Gasteiger charge is 2.31. The van der Waals surface area contributed by atoms with Gasteiger partial charge in [-0.25, -0.2) is 4.39 Å². The van der Waals surface area contributed by atoms with Crippen molar-refractivity contribution in [1.82, 2.24) is 9.80 Å². The van der Waals surface area contributed by atoms with Crippen molar-refractivity contribution in [1.29, 1.82) is 0 Å². The lowest BCUT2D eigenvalue weighted by molar-refractivity contribution is -0.148. The summed E-state index contributed by atoms with van der Waals surface area (Å²) in [6, 6.07) is 21.5. The summed E-state index contributed by atoms with van der Waals surface area (Å²) >= 11 is 0. The highest BCUT2D eigenvalue weighted by Crippen LogP contribution is 2.28. The molecule has 44 heavy (non-hydrogen) atoms. The zero-order valence-electron chi connectivity index (χ0n) is 26.6. The van der Waals surface area contributed by atoms with Gasteiger partial charge in [0.1, 0.15) is 5.82 Å². The molecule has 3 aromatic rings. The minimum atomic E-state index is -0.657. The average Bonchev–Trinajstić information content (AvgIpc) is 3.23. The Morgan fingerprint density at radius 3 is 2.05 bits per heavy atom. The molecule has 3 aromatic carbocycles. The number of nitrogens with zero attached hydrogens (tertiary/aromatic N) is 2. The summed E-state index contributed by atoms with van der Waals surface area (Å²) in [7, 11) is 0. The summed E-state index contributed by atoms with van der Waals surface area (Å²) < 4.78 is 18.5. The van der Waals surface area contributed by atoms with Gasteiger partial charge in [0.05, 0.1) is 12.0 Å². The van der Waals surface area contributed by atoms with Crippen molar-refractivity contribution in [3.63, 3.8) is 0 Å². The summed E-state index contributed by atoms with van der Waals surface area (Å²) in [6.45, 7) is 11.8. The number of hydrogen-bond donors (Lipinski definition) is 0. The lowest BCUT2D eigenvalue weighted by atomic mass is 9.84. The molecule has 0 atom stereocenters. The first-order valence-corrected chi connectivity index (χ1v) is 16.3. The lowest BCUT2D eigenvalue weighted by Gasteiger charge is -2.32. The van der Waals surface area contributed by atoms with Crippen molar-refractivity contribution in [3.8, 4) is 0 Å². The monoisotopic (exact) mass is 598 g/mol. The Kier molecular flexibility index (Phi) is 10.7. The normalized spacial score (nSPS) is 16.7. The van der Waals surface area contributed by atoms with E-state index in [1.807, 2.05) is 39.0 Å². The minimum absolute atomic E-state index is 0.193. The summed E-state index contributed by atoms with van der Waals surface area (Å²) in [5, 5.41) is 0. The molecule has 2 aliphatic heterocycles. The van der Waals surface area contributed by atoms with Crippen LogP contribution in [-0.2, 0) is 40.9 Å². The minimum Gasteiger partial charge on any atom is -0.465 e. The van der Waals surface area contributed by atoms with E-state index in [2.05, 4.69) is 46.2 Å². The molecule has 234 valence electrons. The molecule has 6 heteroatoms. The molecule has 0 bridgehead atoms. The van der Waals surface area contributed by atoms with E-state index < -0.39 is 5.41 Å². The van der Waals surface area contributed by atoms with Crippen molar-refractivity contribution in [2.45, 2.75) is 77.8 Å². The third-order valence-electron chi connectivity index (χ3n) is 9.60. The van der Waals surface area contributed by atoms with Crippen LogP contribution in [0.5, 0.6) is 0 Å². The van der Waals surface area contributed by atoms with Gasteiger partial charge >= 0.3 is 5.97 Å². The van der Waals surface area contributed by atoms with E-state index in [9.17, 15) is 14.0 Å². The average molecular weight is 599 g/mol. The van der Waals surface area contributed by atoms with Gasteiger partial charge in [-0.3, -0.25) is 19.4 Å². The number of likely N-dealkylation sites (tertiary alicyclic amines) is 1. The van der Waals surface area contributed by atoms with Crippen molar-refractivity contribution >= 4 is 11.8 Å². The highest BCUT2D eigenvalue weighted by molar-refractivity contribution is 5.96. The number of ether oxygens (including phenoxy) is 1. The molecule has 0 radical (unpaired) electrons. The third-order valence-corrected chi connectivity index (χ3v) is 9.60. The van der Waals surface area contributed by atoms with Gasteiger partial charge in [-0.1, -0.05) is 48.5 Å². The smallest absolute Gasteiger partial charge is 0.315 e. The standard InChI is InChI=1S/C38H47FN2O3/c1-4-44-37(43)38(2,3)34-12-5-29(6-13-34)26-40-21-17-28(18-22-40)9-16-36(42)33-11-10-31-19-23-41(24-20-32(31)25-33)27-30-7-14-35(39)15-8-30/h5-8,10-15,25,28H,4,9,16-24,26-27H2,1-3H3. The number of fused-ring (bicyclic) bond motifs is 1. The second kappa shape index (κ2) is 14.6. The maximum Gasteiger partial charge on any atom is 0.315 e. The Hall–Kier alpha value is -3.35. The summed E-state index contributed by atoms with van der Waals surface area (Å²) in [5.41, 5.74) is 6.18. The molecule has 0 unspecified atom stereocenters. The van der Waals surface area contributed by atoms with Crippen molar-refractivity contribution < 1.29 is 18.7 Å². The largest absolute Gasteiger partial charge is 0.465 e. The molecule has 2 aliphatic rings. The van der Waals surface area contributed by atoms with Gasteiger partial charge in [0, 0.05) is 38.2 Å². The first kappa shape index (κ1) is 32.1. The predicted octanol–water partition coefficient (Wildman–Crippen LogP) is 7.14. The summed E-state index contributed by atoms with van der Waals surface area (Å²) in [5.74, 6) is 0.454. The van der Waals surface area contributed by atoms with Crippen LogP contribution in [0.25, 0.3) is 0 Å². The van der Waals surface area contributed by atoms with E-state index in [1.54, 1.807) is 0 Å². The second-order valence-corrected chi connectivity index (χ2v) is 13.1. The van der Waals surface area contributed by atoms with Crippen LogP contribution >= 0.6 is 0 Å². The molecule has 2 heterocycles. The number of carbonyl (C=O) groups excluding carboxylic acids is 2. The topological polar surface area (TPSA) is 49.9 Å². The summed E-state index contributed by atoms with van der Waals surface area (Å²) in [4.78, 5) is 30.5. The summed E-state index contributed by atoms with van der Waals surface area (Å²) in [6.07, 6.45) is 5.71. The van der Waals surface area contributed by atoms with Gasteiger partial charge < -0.3 is 4.74 Å². The van der Waals surface area contributed by atoms with E-state index in [0.29, 0.717) is 18.9 Å². The molecule has 0 N–H and O–H groups in total. The molecule has 5 nitrogen and oxygen atoms in total. The van der Waals surface area contributed by atoms with Crippen LogP contribution in [0.4, 0.5) is 4.39 Å². The van der Waals surface area contributed by atoms with E-state index in [-0.39, 0.29) is 17.6 Å². The molecular weight excluding hydrogens is 551 g/mol. The highest BCUT2D eigenvalue weighted by atomic mass is 19.1. The maximum atomic E-state index is 13.3. The van der Waals surface area contributed by atoms with Crippen molar-refractivity contribution in [3.05, 3.63) is 106 Å². The molecule has 0 saturated carbocycles. The van der Waals surface area contributed by atoms with Crippen LogP contribution in [0.15, 0.2) is 66.7 Å². The first-order chi connectivity index (χ1) is 21.2. The quantitative estimate of drug-likeness (QED) is 0.173. The fourth-order valence-corrected chi connectivity index (χ4v) is 6.58. The van der Waals surface area contributed by atoms with E-state index in [1.165, 1.54) is 28.8 Å². The van der Waals surface area contributed by atoms with Gasteiger partial charge in [0.2, 0.25) is 0 Å². The Balaban J connectivity index is 1.05. The van der Waals surface area contributed by atoms with Gasteiger partial charge in [-0.2, -0.15) is 0 Å². The molecule has 1 saturated heterocycles. The molecule has 0 aliphatic carbocycles. The fourth-order valence-electron chi connectivity index (χ4n) is 6.58. The molecule has 0 aromatic heterocycles. The van der Waals surface area contributed by atoms with Crippen LogP contribution in [0, 0.1) is 11.7 Å². The Bertz CT molecular complexity index is 1410. The lowest BCUT2D eigenvalue weighted by Crippen LogP contribution is -2.33. The fraction of sp³-hybridized carbons (Fsp3) is 0.474. The van der Waals surface area contributed by atoms with Crippen LogP contribution < -0.4 is 0 Å². The number of esters is 1. The van der Waals surface area contributed by atoms with Crippen molar-refractivity contribution in [2.75, 3.05) is 32.8 Å². The maximum absolute atomic E-state index is 13.3. The number of halogens is 1. The zero-order valence-corrected chi connectivity index (χ0v) is 26.6. The Labute approximate surface area is 262 Å². The first-order valence-electron chi connectivity index (χ1n) is 16.3. The van der Waals surface area contributed by atoms with Crippen molar-refractivity contribution in [2.24, 2.45) is 5.92 Å². The Morgan fingerprint density at radius 1 is 0.818 bits per heavy atom. The number of rotatable bonds is 11. The third kappa shape index (κ3) is 8.22. The Morgan fingerprint density at radius 2 is 1.41 bits per heavy atom. The van der Waals surface area contributed by atoms with Crippen LogP contribution in [0.3, 0.4) is 0 Å². The van der Waals surface area contributed by atoms with Gasteiger partial charge in [0.15, 0.2) is 5.78 Å². The molecule has 0 amide bonds. The molecular formula is C38H47FN2O3. The molecule has 5 rings (SSSR count). The van der Waals surface area contributed by atoms with E-state index >= 15 is 0 Å². The van der Waals surface area contributed by atoms with E-state index in [0.717, 1.165) is 88.1 Å². The number of hydrogen-bond acceptors (Lipinski definition) is 5. The zero-order chi connectivity index (χ0) is 31.1. The molecule has 0 spiro atoms. The number of carbonyl (C=O) groups is 2. The van der Waals surface area contributed by atoms with Crippen LogP contribution in [0.2, 0.25) is 0 Å². The molecule has 1 fully saturated rings. The van der Waals surface area contributed by atoms with E-state index in [4.69, 9.17) is 4.74 Å². The van der Waals surface area contributed by atoms with Gasteiger partial charge in [-0.05, 0) is 118 Å². The van der Waals surface area contributed by atoms with Crippen LogP contribution in [-0.4, -0.2) is 54.3 Å². The number of piperidine rings is 1. The SMILES string of the molecule is CCOC(=O)C(C)(C)c1ccc(CN2CCC(CCC(=O)c3ccc4c(c3)CCN(Cc3ccc(F)cc3)CC4)CC2)cc1. The predicted molar refractivity (Wildman–Crippen MR) is 173 cm³/mol. The van der Waals surface area contributed by atoms with Gasteiger partial charge in [-0.15, -0.1) is 0 Å². The number of benzene rings is 3. The number of ketones is 1. The van der Waals surface area contributed by atoms with Gasteiger partial charge in [0.25, 0.3) is 0 Å². The second-order valence-electron chi connectivity index (χ2n) is 13.1. The number of Topliss-reactive ketones (excluding diaryl/α,β-unsaturated/α-hetero) is 1.